The highest BCUT2D eigenvalue weighted by Crippen LogP contribution is 2.30. The highest BCUT2D eigenvalue weighted by molar-refractivity contribution is 6.30. The molecule has 0 radical (unpaired) electrons. The Morgan fingerprint density at radius 3 is 2.94 bits per heavy atom. The number of hydrogen-bond donors (Lipinski definition) is 1. The molecule has 176 valence electrons. The van der Waals surface area contributed by atoms with Crippen LogP contribution in [0.5, 0.6) is 5.75 Å². The van der Waals surface area contributed by atoms with Crippen molar-refractivity contribution in [2.24, 2.45) is 11.8 Å². The summed E-state index contributed by atoms with van der Waals surface area (Å²) in [6.45, 7) is 1.97. The van der Waals surface area contributed by atoms with E-state index in [1.165, 1.54) is 5.56 Å². The number of aryl methyl sites for hydroxylation is 1. The van der Waals surface area contributed by atoms with Crippen molar-refractivity contribution in [1.29, 1.82) is 0 Å². The number of halogens is 1. The summed E-state index contributed by atoms with van der Waals surface area (Å²) in [6.07, 6.45) is 5.45. The number of hydrogen-bond acceptors (Lipinski definition) is 4. The number of carboxylic acids is 1. The first-order valence-corrected chi connectivity index (χ1v) is 12.0. The van der Waals surface area contributed by atoms with Crippen molar-refractivity contribution in [2.75, 3.05) is 26.7 Å². The van der Waals surface area contributed by atoms with Gasteiger partial charge in [0.05, 0.1) is 25.1 Å². The van der Waals surface area contributed by atoms with Crippen molar-refractivity contribution >= 4 is 28.5 Å². The Labute approximate surface area is 205 Å². The van der Waals surface area contributed by atoms with Crippen LogP contribution in [-0.4, -0.2) is 47.7 Å². The van der Waals surface area contributed by atoms with Crippen LogP contribution < -0.4 is 4.74 Å². The van der Waals surface area contributed by atoms with E-state index in [0.29, 0.717) is 18.1 Å². The maximum atomic E-state index is 12.0. The topological polar surface area (TPSA) is 62.7 Å². The van der Waals surface area contributed by atoms with Gasteiger partial charge in [0.15, 0.2) is 0 Å². The molecule has 1 N–H and O–H groups in total. The van der Waals surface area contributed by atoms with E-state index in [1.54, 1.807) is 7.11 Å². The minimum atomic E-state index is -0.711. The quantitative estimate of drug-likeness (QED) is 0.469. The molecule has 1 fully saturated rings. The highest BCUT2D eigenvalue weighted by Gasteiger charge is 2.33. The molecule has 0 spiro atoms. The molecule has 0 amide bonds. The lowest BCUT2D eigenvalue weighted by Gasteiger charge is -2.35. The van der Waals surface area contributed by atoms with E-state index in [9.17, 15) is 9.90 Å². The molecule has 6 heteroatoms. The van der Waals surface area contributed by atoms with E-state index in [1.807, 2.05) is 48.7 Å². The van der Waals surface area contributed by atoms with Crippen LogP contribution in [0.25, 0.3) is 10.9 Å². The van der Waals surface area contributed by atoms with Gasteiger partial charge in [0.25, 0.3) is 0 Å². The van der Waals surface area contributed by atoms with Gasteiger partial charge in [-0.05, 0) is 86.2 Å². The number of likely N-dealkylation sites (tertiary alicyclic amines) is 1. The molecule has 1 aliphatic rings. The van der Waals surface area contributed by atoms with Crippen molar-refractivity contribution in [3.8, 4) is 17.6 Å². The normalized spacial score (nSPS) is 18.3. The molecule has 34 heavy (non-hydrogen) atoms. The molecule has 0 unspecified atom stereocenters. The van der Waals surface area contributed by atoms with Crippen molar-refractivity contribution in [3.05, 3.63) is 70.9 Å². The fourth-order valence-electron chi connectivity index (χ4n) is 4.74. The van der Waals surface area contributed by atoms with Gasteiger partial charge >= 0.3 is 5.97 Å². The summed E-state index contributed by atoms with van der Waals surface area (Å²) in [6, 6.07) is 15.4. The number of pyridine rings is 1. The summed E-state index contributed by atoms with van der Waals surface area (Å²) >= 11 is 6.01. The molecule has 0 bridgehead atoms. The summed E-state index contributed by atoms with van der Waals surface area (Å²) < 4.78 is 5.37. The third kappa shape index (κ3) is 6.08. The highest BCUT2D eigenvalue weighted by atomic mass is 35.5. The van der Waals surface area contributed by atoms with Gasteiger partial charge in [-0.1, -0.05) is 29.5 Å². The fourth-order valence-corrected chi connectivity index (χ4v) is 4.93. The summed E-state index contributed by atoms with van der Waals surface area (Å²) in [7, 11) is 1.67. The predicted octanol–water partition coefficient (Wildman–Crippen LogP) is 5.29. The minimum Gasteiger partial charge on any atom is -0.497 e. The van der Waals surface area contributed by atoms with E-state index in [2.05, 4.69) is 27.8 Å². The second-order valence-electron chi connectivity index (χ2n) is 8.79. The minimum absolute atomic E-state index is 0.178. The Morgan fingerprint density at radius 1 is 1.26 bits per heavy atom. The number of fused-ring (bicyclic) bond motifs is 1. The first kappa shape index (κ1) is 24.1. The van der Waals surface area contributed by atoms with Gasteiger partial charge in [-0.3, -0.25) is 14.7 Å². The van der Waals surface area contributed by atoms with Gasteiger partial charge in [0.2, 0.25) is 0 Å². The van der Waals surface area contributed by atoms with Gasteiger partial charge in [0, 0.05) is 28.7 Å². The third-order valence-electron chi connectivity index (χ3n) is 6.58. The lowest BCUT2D eigenvalue weighted by molar-refractivity contribution is -0.146. The van der Waals surface area contributed by atoms with Crippen LogP contribution in [0.15, 0.2) is 54.7 Å². The average Bonchev–Trinajstić information content (AvgIpc) is 2.84. The summed E-state index contributed by atoms with van der Waals surface area (Å²) in [4.78, 5) is 18.6. The predicted molar refractivity (Wildman–Crippen MR) is 135 cm³/mol. The Balaban J connectivity index is 1.34. The number of piperidine rings is 1. The lowest BCUT2D eigenvalue weighted by atomic mass is 9.81. The number of aliphatic carboxylic acids is 1. The summed E-state index contributed by atoms with van der Waals surface area (Å²) in [5.74, 6) is 6.22. The largest absolute Gasteiger partial charge is 0.497 e. The lowest BCUT2D eigenvalue weighted by Crippen LogP contribution is -2.44. The zero-order valence-electron chi connectivity index (χ0n) is 19.3. The van der Waals surface area contributed by atoms with E-state index in [4.69, 9.17) is 16.3 Å². The Hall–Kier alpha value is -3.07. The second-order valence-corrected chi connectivity index (χ2v) is 9.22. The number of rotatable bonds is 7. The molecule has 1 saturated heterocycles. The number of nitrogens with zero attached hydrogens (tertiary/aromatic N) is 2. The van der Waals surface area contributed by atoms with Gasteiger partial charge in [0.1, 0.15) is 5.75 Å². The molecule has 3 aromatic rings. The molecular formula is C28H29ClN2O3. The molecule has 0 aliphatic carbocycles. The number of carboxylic acid groups (broad SMARTS) is 1. The van der Waals surface area contributed by atoms with Crippen molar-refractivity contribution in [1.82, 2.24) is 9.88 Å². The molecular weight excluding hydrogens is 448 g/mol. The monoisotopic (exact) mass is 476 g/mol. The third-order valence-corrected chi connectivity index (χ3v) is 6.81. The smallest absolute Gasteiger partial charge is 0.308 e. The Bertz CT molecular complexity index is 1220. The number of methoxy groups -OCH3 is 1. The molecule has 2 atom stereocenters. The molecule has 0 saturated carbocycles. The standard InChI is InChI=1S/C28H29ClN2O3/c1-34-24-10-11-27-25(18-24)21(12-14-30-27)7-3-8-22-13-16-31(19-26(22)28(32)33)15-4-6-20-5-2-9-23(29)17-20/h2,5,9-12,14,17-18,22,26H,3,7-8,13,15-16,19H2,1H3,(H,32,33)/t22-,26+/m1/s1. The van der Waals surface area contributed by atoms with Crippen molar-refractivity contribution in [2.45, 2.75) is 25.7 Å². The van der Waals surface area contributed by atoms with Gasteiger partial charge in [-0.2, -0.15) is 0 Å². The SMILES string of the molecule is COc1ccc2nccc(CCC[C@@H]3CCN(CC#Cc4cccc(Cl)c4)C[C@@H]3C(=O)O)c2c1. The Kier molecular flexibility index (Phi) is 8.05. The van der Waals surface area contributed by atoms with E-state index >= 15 is 0 Å². The first-order valence-electron chi connectivity index (χ1n) is 11.6. The maximum absolute atomic E-state index is 12.0. The van der Waals surface area contributed by atoms with Crippen LogP contribution in [0.2, 0.25) is 5.02 Å². The van der Waals surface area contributed by atoms with Crippen LogP contribution in [-0.2, 0) is 11.2 Å². The zero-order valence-corrected chi connectivity index (χ0v) is 20.1. The van der Waals surface area contributed by atoms with Crippen molar-refractivity contribution in [3.63, 3.8) is 0 Å². The number of aromatic nitrogens is 1. The van der Waals surface area contributed by atoms with Crippen molar-refractivity contribution < 1.29 is 14.6 Å². The number of ether oxygens (including phenoxy) is 1. The number of benzene rings is 2. The fraction of sp³-hybridized carbons (Fsp3) is 0.357. The molecule has 5 nitrogen and oxygen atoms in total. The summed E-state index contributed by atoms with van der Waals surface area (Å²) in [5, 5.41) is 11.6. The molecule has 1 aromatic heterocycles. The molecule has 2 aromatic carbocycles. The van der Waals surface area contributed by atoms with E-state index < -0.39 is 5.97 Å². The Morgan fingerprint density at radius 2 is 2.15 bits per heavy atom. The second kappa shape index (κ2) is 11.4. The average molecular weight is 477 g/mol. The van der Waals surface area contributed by atoms with E-state index in [0.717, 1.165) is 54.4 Å². The maximum Gasteiger partial charge on any atom is 0.308 e. The van der Waals surface area contributed by atoms with Crippen LogP contribution >= 0.6 is 11.6 Å². The van der Waals surface area contributed by atoms with Gasteiger partial charge in [-0.15, -0.1) is 0 Å². The first-order chi connectivity index (χ1) is 16.5. The van der Waals surface area contributed by atoms with Gasteiger partial charge < -0.3 is 9.84 Å². The molecule has 4 rings (SSSR count). The van der Waals surface area contributed by atoms with Crippen LogP contribution in [0, 0.1) is 23.7 Å². The van der Waals surface area contributed by atoms with Gasteiger partial charge in [-0.25, -0.2) is 0 Å². The van der Waals surface area contributed by atoms with Crippen LogP contribution in [0.1, 0.15) is 30.4 Å². The zero-order chi connectivity index (χ0) is 23.9. The summed E-state index contributed by atoms with van der Waals surface area (Å²) in [5.41, 5.74) is 3.05. The van der Waals surface area contributed by atoms with Crippen LogP contribution in [0.3, 0.4) is 0 Å². The van der Waals surface area contributed by atoms with Crippen LogP contribution in [0.4, 0.5) is 0 Å². The van der Waals surface area contributed by atoms with E-state index in [-0.39, 0.29) is 11.8 Å². The number of carbonyl (C=O) groups is 1. The molecule has 1 aliphatic heterocycles. The molecule has 2 heterocycles.